The molecular formula is C21H19N3O7S. The van der Waals surface area contributed by atoms with E-state index in [4.69, 9.17) is 9.84 Å². The first-order chi connectivity index (χ1) is 15.1. The number of nitrogens with one attached hydrogen (secondary N) is 2. The molecule has 0 spiro atoms. The van der Waals surface area contributed by atoms with Crippen molar-refractivity contribution in [2.24, 2.45) is 0 Å². The van der Waals surface area contributed by atoms with E-state index in [0.29, 0.717) is 16.9 Å². The number of sulfonamides is 1. The first-order valence-corrected chi connectivity index (χ1v) is 10.6. The van der Waals surface area contributed by atoms with Gasteiger partial charge < -0.3 is 20.3 Å². The number of aryl methyl sites for hydroxylation is 2. The number of amides is 1. The van der Waals surface area contributed by atoms with Gasteiger partial charge in [0.15, 0.2) is 0 Å². The van der Waals surface area contributed by atoms with Crippen LogP contribution in [0.5, 0.6) is 17.2 Å². The van der Waals surface area contributed by atoms with Gasteiger partial charge in [0, 0.05) is 24.1 Å². The van der Waals surface area contributed by atoms with E-state index in [0.717, 1.165) is 0 Å². The second-order valence-corrected chi connectivity index (χ2v) is 8.46. The number of benzene rings is 2. The van der Waals surface area contributed by atoms with E-state index in [1.54, 1.807) is 13.8 Å². The summed E-state index contributed by atoms with van der Waals surface area (Å²) in [6, 6.07) is 9.97. The molecule has 0 radical (unpaired) electrons. The Hall–Kier alpha value is -4.12. The van der Waals surface area contributed by atoms with E-state index in [-0.39, 0.29) is 27.8 Å². The minimum atomic E-state index is -3.98. The van der Waals surface area contributed by atoms with Crippen molar-refractivity contribution < 1.29 is 33.0 Å². The fourth-order valence-corrected chi connectivity index (χ4v) is 3.88. The molecule has 1 amide bonds. The highest BCUT2D eigenvalue weighted by Crippen LogP contribution is 2.35. The Morgan fingerprint density at radius 3 is 2.34 bits per heavy atom. The highest BCUT2D eigenvalue weighted by molar-refractivity contribution is 7.92. The second kappa shape index (κ2) is 8.94. The SMILES string of the molecule is Cc1cc(NC(=O)C(=O)O)cc(C)c1Oc1ccc(O)c(NS(=O)(=O)c2cccnc2)c1. The van der Waals surface area contributed by atoms with E-state index in [2.05, 4.69) is 15.0 Å². The molecule has 0 bridgehead atoms. The van der Waals surface area contributed by atoms with Crippen LogP contribution in [-0.2, 0) is 19.6 Å². The van der Waals surface area contributed by atoms with Gasteiger partial charge in [-0.1, -0.05) is 0 Å². The zero-order valence-corrected chi connectivity index (χ0v) is 17.8. The maximum atomic E-state index is 12.5. The highest BCUT2D eigenvalue weighted by atomic mass is 32.2. The van der Waals surface area contributed by atoms with Crippen LogP contribution in [-0.4, -0.2) is 35.5 Å². The predicted octanol–water partition coefficient (Wildman–Crippen LogP) is 3.02. The smallest absolute Gasteiger partial charge is 0.394 e. The molecule has 10 nitrogen and oxygen atoms in total. The van der Waals surface area contributed by atoms with Crippen LogP contribution < -0.4 is 14.8 Å². The zero-order chi connectivity index (χ0) is 23.5. The number of rotatable bonds is 6. The molecule has 4 N–H and O–H groups in total. The van der Waals surface area contributed by atoms with Crippen molar-refractivity contribution >= 4 is 33.3 Å². The standard InChI is InChI=1S/C21H19N3O7S/c1-12-8-14(23-20(26)21(27)28)9-13(2)19(12)31-15-5-6-18(25)17(10-15)24-32(29,30)16-4-3-7-22-11-16/h3-11,24-25H,1-2H3,(H,23,26)(H,27,28). The molecule has 0 fully saturated rings. The quantitative estimate of drug-likeness (QED) is 0.325. The Morgan fingerprint density at radius 1 is 1.06 bits per heavy atom. The molecule has 3 rings (SSSR count). The van der Waals surface area contributed by atoms with Crippen molar-refractivity contribution in [3.8, 4) is 17.2 Å². The number of carbonyl (C=O) groups excluding carboxylic acids is 1. The third-order valence-electron chi connectivity index (χ3n) is 4.29. The van der Waals surface area contributed by atoms with Gasteiger partial charge in [0.25, 0.3) is 10.0 Å². The summed E-state index contributed by atoms with van der Waals surface area (Å²) < 4.78 is 33.2. The number of anilines is 2. The Balaban J connectivity index is 1.86. The maximum absolute atomic E-state index is 12.5. The number of carbonyl (C=O) groups is 2. The first kappa shape index (κ1) is 22.6. The molecule has 1 heterocycles. The Labute approximate surface area is 183 Å². The first-order valence-electron chi connectivity index (χ1n) is 9.16. The van der Waals surface area contributed by atoms with Crippen molar-refractivity contribution in [1.82, 2.24) is 4.98 Å². The maximum Gasteiger partial charge on any atom is 0.394 e. The van der Waals surface area contributed by atoms with E-state index in [1.165, 1.54) is 54.9 Å². The van der Waals surface area contributed by atoms with Crippen LogP contribution in [0.25, 0.3) is 0 Å². The van der Waals surface area contributed by atoms with Gasteiger partial charge in [-0.2, -0.15) is 0 Å². The lowest BCUT2D eigenvalue weighted by atomic mass is 10.1. The number of carboxylic acids is 1. The predicted molar refractivity (Wildman–Crippen MR) is 115 cm³/mol. The van der Waals surface area contributed by atoms with Crippen molar-refractivity contribution in [3.05, 3.63) is 66.0 Å². The number of pyridine rings is 1. The molecule has 3 aromatic rings. The van der Waals surface area contributed by atoms with Crippen molar-refractivity contribution in [2.75, 3.05) is 10.0 Å². The minimum absolute atomic E-state index is 0.0728. The van der Waals surface area contributed by atoms with Gasteiger partial charge in [-0.15, -0.1) is 0 Å². The fraction of sp³-hybridized carbons (Fsp3) is 0.0952. The number of hydrogen-bond acceptors (Lipinski definition) is 7. The number of phenolic OH excluding ortho intramolecular Hbond substituents is 1. The Bertz CT molecular complexity index is 1270. The minimum Gasteiger partial charge on any atom is -0.506 e. The molecule has 0 atom stereocenters. The molecule has 0 aliphatic carbocycles. The molecule has 0 aliphatic rings. The van der Waals surface area contributed by atoms with Gasteiger partial charge in [0.2, 0.25) is 0 Å². The van der Waals surface area contributed by atoms with E-state index in [9.17, 15) is 23.1 Å². The summed E-state index contributed by atoms with van der Waals surface area (Å²) in [5.74, 6) is -2.41. The summed E-state index contributed by atoms with van der Waals surface area (Å²) in [4.78, 5) is 25.8. The average molecular weight is 457 g/mol. The molecule has 0 saturated carbocycles. The molecule has 11 heteroatoms. The van der Waals surface area contributed by atoms with Gasteiger partial charge in [-0.3, -0.25) is 14.5 Å². The molecule has 0 aliphatic heterocycles. The summed E-state index contributed by atoms with van der Waals surface area (Å²) in [6.45, 7) is 3.40. The van der Waals surface area contributed by atoms with Crippen LogP contribution in [0.2, 0.25) is 0 Å². The van der Waals surface area contributed by atoms with Crippen LogP contribution in [0.3, 0.4) is 0 Å². The number of phenols is 1. The normalized spacial score (nSPS) is 10.9. The summed E-state index contributed by atoms with van der Waals surface area (Å²) in [5, 5.41) is 21.1. The third kappa shape index (κ3) is 5.13. The number of aromatic hydroxyl groups is 1. The largest absolute Gasteiger partial charge is 0.506 e. The van der Waals surface area contributed by atoms with Crippen LogP contribution in [0.15, 0.2) is 59.8 Å². The molecule has 32 heavy (non-hydrogen) atoms. The molecular weight excluding hydrogens is 438 g/mol. The Kier molecular flexibility index (Phi) is 6.30. The van der Waals surface area contributed by atoms with Crippen LogP contribution >= 0.6 is 0 Å². The number of aromatic nitrogens is 1. The molecule has 2 aromatic carbocycles. The van der Waals surface area contributed by atoms with Gasteiger partial charge in [0.1, 0.15) is 22.1 Å². The number of nitrogens with zero attached hydrogens (tertiary/aromatic N) is 1. The number of ether oxygens (including phenoxy) is 1. The lowest BCUT2D eigenvalue weighted by Crippen LogP contribution is -2.21. The number of aliphatic carboxylic acids is 1. The van der Waals surface area contributed by atoms with Gasteiger partial charge in [-0.05, 0) is 61.4 Å². The molecule has 0 saturated heterocycles. The average Bonchev–Trinajstić information content (AvgIpc) is 2.73. The number of carboxylic acid groups (broad SMARTS) is 1. The molecule has 166 valence electrons. The monoisotopic (exact) mass is 457 g/mol. The second-order valence-electron chi connectivity index (χ2n) is 6.77. The van der Waals surface area contributed by atoms with Crippen LogP contribution in [0, 0.1) is 13.8 Å². The zero-order valence-electron chi connectivity index (χ0n) is 17.0. The van der Waals surface area contributed by atoms with Gasteiger partial charge in [0.05, 0.1) is 5.69 Å². The lowest BCUT2D eigenvalue weighted by Gasteiger charge is -2.15. The summed E-state index contributed by atoms with van der Waals surface area (Å²) in [5.41, 5.74) is 1.38. The third-order valence-corrected chi connectivity index (χ3v) is 5.64. The van der Waals surface area contributed by atoms with Gasteiger partial charge in [-0.25, -0.2) is 13.2 Å². The summed E-state index contributed by atoms with van der Waals surface area (Å²) >= 11 is 0. The summed E-state index contributed by atoms with van der Waals surface area (Å²) in [7, 11) is -3.98. The highest BCUT2D eigenvalue weighted by Gasteiger charge is 2.18. The van der Waals surface area contributed by atoms with E-state index < -0.39 is 21.9 Å². The Morgan fingerprint density at radius 2 is 1.75 bits per heavy atom. The van der Waals surface area contributed by atoms with E-state index >= 15 is 0 Å². The van der Waals surface area contributed by atoms with E-state index in [1.807, 2.05) is 0 Å². The molecule has 1 aromatic heterocycles. The van der Waals surface area contributed by atoms with Crippen molar-refractivity contribution in [2.45, 2.75) is 18.7 Å². The summed E-state index contributed by atoms with van der Waals surface area (Å²) in [6.07, 6.45) is 2.62. The van der Waals surface area contributed by atoms with Crippen LogP contribution in [0.1, 0.15) is 11.1 Å². The topological polar surface area (TPSA) is 155 Å². The van der Waals surface area contributed by atoms with Gasteiger partial charge >= 0.3 is 11.9 Å². The molecule has 0 unspecified atom stereocenters. The van der Waals surface area contributed by atoms with Crippen molar-refractivity contribution in [3.63, 3.8) is 0 Å². The lowest BCUT2D eigenvalue weighted by molar-refractivity contribution is -0.147. The van der Waals surface area contributed by atoms with Crippen LogP contribution in [0.4, 0.5) is 11.4 Å². The fourth-order valence-electron chi connectivity index (χ4n) is 2.86. The van der Waals surface area contributed by atoms with Crippen molar-refractivity contribution in [1.29, 1.82) is 0 Å². The number of hydrogen-bond donors (Lipinski definition) is 4.